The van der Waals surface area contributed by atoms with Crippen molar-refractivity contribution in [1.82, 2.24) is 0 Å². The van der Waals surface area contributed by atoms with Gasteiger partial charge in [0.25, 0.3) is 0 Å². The van der Waals surface area contributed by atoms with Crippen LogP contribution in [-0.4, -0.2) is 0 Å². The zero-order chi connectivity index (χ0) is 15.1. The third-order valence-electron chi connectivity index (χ3n) is 3.69. The van der Waals surface area contributed by atoms with Crippen LogP contribution in [0.5, 0.6) is 5.75 Å². The Morgan fingerprint density at radius 2 is 2.05 bits per heavy atom. The maximum Gasteiger partial charge on any atom is 0.343 e. The third-order valence-corrected chi connectivity index (χ3v) is 3.69. The molecule has 0 amide bonds. The van der Waals surface area contributed by atoms with Gasteiger partial charge in [0.1, 0.15) is 11.7 Å². The number of benzene rings is 1. The smallest absolute Gasteiger partial charge is 0.343 e. The molecule has 1 aliphatic rings. The van der Waals surface area contributed by atoms with Gasteiger partial charge in [-0.3, -0.25) is 0 Å². The number of nitriles is 1. The maximum atomic E-state index is 12.3. The third kappa shape index (κ3) is 1.88. The van der Waals surface area contributed by atoms with Gasteiger partial charge < -0.3 is 14.9 Å². The van der Waals surface area contributed by atoms with Gasteiger partial charge in [-0.1, -0.05) is 26.0 Å². The van der Waals surface area contributed by atoms with E-state index in [2.05, 4.69) is 6.07 Å². The molecule has 0 bridgehead atoms. The normalized spacial score (nSPS) is 17.5. The van der Waals surface area contributed by atoms with E-state index in [9.17, 15) is 10.1 Å². The summed E-state index contributed by atoms with van der Waals surface area (Å²) in [6, 6.07) is 9.16. The number of para-hydroxylation sites is 1. The Morgan fingerprint density at radius 3 is 2.71 bits per heavy atom. The monoisotopic (exact) mass is 282 g/mol. The van der Waals surface area contributed by atoms with Gasteiger partial charge in [0.2, 0.25) is 5.88 Å². The summed E-state index contributed by atoms with van der Waals surface area (Å²) in [6.45, 7) is 3.86. The van der Waals surface area contributed by atoms with E-state index in [1.165, 1.54) is 0 Å². The summed E-state index contributed by atoms with van der Waals surface area (Å²) >= 11 is 0. The molecule has 106 valence electrons. The lowest BCUT2D eigenvalue weighted by atomic mass is 9.81. The largest absolute Gasteiger partial charge is 0.439 e. The van der Waals surface area contributed by atoms with E-state index in [0.717, 1.165) is 0 Å². The maximum absolute atomic E-state index is 12.3. The molecular weight excluding hydrogens is 268 g/mol. The molecule has 2 N–H and O–H groups in total. The minimum Gasteiger partial charge on any atom is -0.439 e. The molecule has 0 saturated heterocycles. The van der Waals surface area contributed by atoms with Gasteiger partial charge in [0, 0.05) is 5.92 Å². The van der Waals surface area contributed by atoms with Gasteiger partial charge in [0.05, 0.1) is 16.5 Å². The highest BCUT2D eigenvalue weighted by molar-refractivity contribution is 5.85. The minimum atomic E-state index is -0.484. The van der Waals surface area contributed by atoms with Crippen LogP contribution in [0.3, 0.4) is 0 Å². The average Bonchev–Trinajstić information content (AvgIpc) is 2.45. The molecule has 2 aromatic rings. The number of rotatable bonds is 1. The van der Waals surface area contributed by atoms with Crippen LogP contribution in [0.25, 0.3) is 11.0 Å². The van der Waals surface area contributed by atoms with Crippen LogP contribution in [0.2, 0.25) is 0 Å². The molecule has 1 aliphatic heterocycles. The van der Waals surface area contributed by atoms with Crippen molar-refractivity contribution in [1.29, 1.82) is 5.26 Å². The highest BCUT2D eigenvalue weighted by Crippen LogP contribution is 2.43. The summed E-state index contributed by atoms with van der Waals surface area (Å²) in [6.07, 6.45) is 0. The molecule has 1 aromatic heterocycles. The van der Waals surface area contributed by atoms with Crippen molar-refractivity contribution in [3.05, 3.63) is 51.7 Å². The lowest BCUT2D eigenvalue weighted by Crippen LogP contribution is -2.28. The molecule has 0 saturated carbocycles. The van der Waals surface area contributed by atoms with Crippen molar-refractivity contribution >= 4 is 11.0 Å². The van der Waals surface area contributed by atoms with Crippen LogP contribution in [0.1, 0.15) is 25.3 Å². The number of fused-ring (bicyclic) bond motifs is 3. The molecule has 0 spiro atoms. The van der Waals surface area contributed by atoms with Crippen molar-refractivity contribution < 1.29 is 9.15 Å². The first-order valence-electron chi connectivity index (χ1n) is 6.68. The Bertz CT molecular complexity index is 856. The molecule has 2 heterocycles. The van der Waals surface area contributed by atoms with Crippen LogP contribution in [0, 0.1) is 17.2 Å². The quantitative estimate of drug-likeness (QED) is 0.812. The van der Waals surface area contributed by atoms with Crippen molar-refractivity contribution in [3.8, 4) is 11.8 Å². The van der Waals surface area contributed by atoms with Crippen molar-refractivity contribution in [2.75, 3.05) is 0 Å². The molecule has 1 aromatic carbocycles. The molecule has 0 fully saturated rings. The Hall–Kier alpha value is -2.74. The number of hydrogen-bond acceptors (Lipinski definition) is 5. The van der Waals surface area contributed by atoms with E-state index in [1.54, 1.807) is 18.2 Å². The SMILES string of the molecule is CC(C)C1C(C#N)=C(N)Oc2c1c(=O)oc1ccccc21. The van der Waals surface area contributed by atoms with E-state index < -0.39 is 11.5 Å². The standard InChI is InChI=1S/C16H14N2O3/c1-8(2)12-10(7-17)15(18)21-14-9-5-3-4-6-11(9)20-16(19)13(12)14/h3-6,8,12H,18H2,1-2H3. The summed E-state index contributed by atoms with van der Waals surface area (Å²) in [7, 11) is 0. The first kappa shape index (κ1) is 13.3. The first-order valence-corrected chi connectivity index (χ1v) is 6.68. The fourth-order valence-corrected chi connectivity index (χ4v) is 2.77. The van der Waals surface area contributed by atoms with Crippen LogP contribution in [-0.2, 0) is 0 Å². The predicted molar refractivity (Wildman–Crippen MR) is 77.5 cm³/mol. The highest BCUT2D eigenvalue weighted by Gasteiger charge is 2.35. The van der Waals surface area contributed by atoms with Gasteiger partial charge in [0.15, 0.2) is 5.75 Å². The number of nitrogens with two attached hydrogens (primary N) is 1. The molecule has 0 aliphatic carbocycles. The summed E-state index contributed by atoms with van der Waals surface area (Å²) < 4.78 is 10.9. The molecule has 0 radical (unpaired) electrons. The van der Waals surface area contributed by atoms with Crippen molar-refractivity contribution in [3.63, 3.8) is 0 Å². The fourth-order valence-electron chi connectivity index (χ4n) is 2.77. The zero-order valence-corrected chi connectivity index (χ0v) is 11.7. The van der Waals surface area contributed by atoms with Gasteiger partial charge >= 0.3 is 5.63 Å². The lowest BCUT2D eigenvalue weighted by Gasteiger charge is -2.27. The zero-order valence-electron chi connectivity index (χ0n) is 11.7. The first-order chi connectivity index (χ1) is 10.0. The highest BCUT2D eigenvalue weighted by atomic mass is 16.5. The Kier molecular flexibility index (Phi) is 2.95. The van der Waals surface area contributed by atoms with E-state index in [4.69, 9.17) is 14.9 Å². The number of hydrogen-bond donors (Lipinski definition) is 1. The number of nitrogens with zero attached hydrogens (tertiary/aromatic N) is 1. The van der Waals surface area contributed by atoms with E-state index >= 15 is 0 Å². The summed E-state index contributed by atoms with van der Waals surface area (Å²) in [4.78, 5) is 12.3. The Morgan fingerprint density at radius 1 is 1.33 bits per heavy atom. The Labute approximate surface area is 121 Å². The molecule has 3 rings (SSSR count). The Balaban J connectivity index is 2.41. The molecular formula is C16H14N2O3. The van der Waals surface area contributed by atoms with Gasteiger partial charge in [-0.25, -0.2) is 4.79 Å². The second kappa shape index (κ2) is 4.67. The second-order valence-electron chi connectivity index (χ2n) is 5.34. The molecule has 5 heteroatoms. The van der Waals surface area contributed by atoms with Gasteiger partial charge in [-0.2, -0.15) is 5.26 Å². The summed E-state index contributed by atoms with van der Waals surface area (Å²) in [5.41, 5.74) is 6.48. The van der Waals surface area contributed by atoms with E-state index in [1.807, 2.05) is 19.9 Å². The molecule has 1 unspecified atom stereocenters. The van der Waals surface area contributed by atoms with Crippen LogP contribution >= 0.6 is 0 Å². The van der Waals surface area contributed by atoms with E-state index in [0.29, 0.717) is 22.3 Å². The minimum absolute atomic E-state index is 0.0184. The molecule has 21 heavy (non-hydrogen) atoms. The predicted octanol–water partition coefficient (Wildman–Crippen LogP) is 2.62. The number of allylic oxidation sites excluding steroid dienone is 1. The molecule has 5 nitrogen and oxygen atoms in total. The summed E-state index contributed by atoms with van der Waals surface area (Å²) in [5, 5.41) is 9.99. The van der Waals surface area contributed by atoms with Gasteiger partial charge in [-0.05, 0) is 18.1 Å². The van der Waals surface area contributed by atoms with Crippen LogP contribution < -0.4 is 16.1 Å². The van der Waals surface area contributed by atoms with Crippen molar-refractivity contribution in [2.24, 2.45) is 11.7 Å². The van der Waals surface area contributed by atoms with Crippen molar-refractivity contribution in [2.45, 2.75) is 19.8 Å². The average molecular weight is 282 g/mol. The summed E-state index contributed by atoms with van der Waals surface area (Å²) in [5.74, 6) is 0.0565. The topological polar surface area (TPSA) is 89.3 Å². The van der Waals surface area contributed by atoms with Crippen LogP contribution in [0.15, 0.2) is 44.9 Å². The van der Waals surface area contributed by atoms with E-state index in [-0.39, 0.29) is 17.4 Å². The fraction of sp³-hybridized carbons (Fsp3) is 0.250. The second-order valence-corrected chi connectivity index (χ2v) is 5.34. The van der Waals surface area contributed by atoms with Crippen LogP contribution in [0.4, 0.5) is 0 Å². The van der Waals surface area contributed by atoms with Gasteiger partial charge in [-0.15, -0.1) is 0 Å². The molecule has 1 atom stereocenters. The number of ether oxygens (including phenoxy) is 1. The lowest BCUT2D eigenvalue weighted by molar-refractivity contribution is 0.364.